The third-order valence-electron chi connectivity index (χ3n) is 5.01. The summed E-state index contributed by atoms with van der Waals surface area (Å²) in [6.45, 7) is 3.33. The molecule has 0 saturated carbocycles. The average Bonchev–Trinajstić information content (AvgIpc) is 3.07. The van der Waals surface area contributed by atoms with E-state index >= 15 is 0 Å². The molecule has 0 aromatic heterocycles. The second kappa shape index (κ2) is 7.60. The Hall–Kier alpha value is -2.82. The fourth-order valence-corrected chi connectivity index (χ4v) is 3.29. The predicted octanol–water partition coefficient (Wildman–Crippen LogP) is 3.02. The van der Waals surface area contributed by atoms with Crippen molar-refractivity contribution in [2.75, 3.05) is 24.5 Å². The molecule has 2 aromatic rings. The van der Waals surface area contributed by atoms with Crippen LogP contribution >= 0.6 is 0 Å². The first-order valence-electron chi connectivity index (χ1n) is 8.83. The van der Waals surface area contributed by atoms with Crippen molar-refractivity contribution >= 4 is 17.6 Å². The summed E-state index contributed by atoms with van der Waals surface area (Å²) in [5, 5.41) is 9.38. The lowest BCUT2D eigenvalue weighted by atomic mass is 9.90. The maximum atomic E-state index is 12.8. The van der Waals surface area contributed by atoms with Crippen molar-refractivity contribution in [3.63, 3.8) is 0 Å². The Morgan fingerprint density at radius 3 is 2.27 bits per heavy atom. The van der Waals surface area contributed by atoms with Crippen LogP contribution < -0.4 is 4.90 Å². The number of hydrogen-bond acceptors (Lipinski definition) is 3. The van der Waals surface area contributed by atoms with Gasteiger partial charge in [0.1, 0.15) is 0 Å². The zero-order valence-electron chi connectivity index (χ0n) is 15.0. The molecule has 1 amide bonds. The van der Waals surface area contributed by atoms with E-state index in [9.17, 15) is 14.7 Å². The van der Waals surface area contributed by atoms with E-state index in [1.807, 2.05) is 65.6 Å². The molecule has 0 radical (unpaired) electrons. The number of anilines is 1. The number of nitrogens with zero attached hydrogens (tertiary/aromatic N) is 2. The third-order valence-corrected chi connectivity index (χ3v) is 5.01. The molecule has 136 valence electrons. The van der Waals surface area contributed by atoms with Crippen LogP contribution in [0.15, 0.2) is 60.7 Å². The van der Waals surface area contributed by atoms with Gasteiger partial charge in [0.2, 0.25) is 5.91 Å². The van der Waals surface area contributed by atoms with Crippen molar-refractivity contribution in [3.05, 3.63) is 66.2 Å². The molecule has 3 rings (SSSR count). The number of carbonyl (C=O) groups is 2. The molecule has 2 aromatic carbocycles. The van der Waals surface area contributed by atoms with Crippen LogP contribution in [0, 0.1) is 5.41 Å². The van der Waals surface area contributed by atoms with E-state index in [1.54, 1.807) is 11.8 Å². The highest BCUT2D eigenvalue weighted by Gasteiger charge is 2.42. The van der Waals surface area contributed by atoms with E-state index < -0.39 is 11.4 Å². The van der Waals surface area contributed by atoms with Crippen LogP contribution in [-0.4, -0.2) is 41.5 Å². The van der Waals surface area contributed by atoms with Gasteiger partial charge in [-0.3, -0.25) is 9.59 Å². The lowest BCUT2D eigenvalue weighted by Crippen LogP contribution is -2.41. The van der Waals surface area contributed by atoms with Gasteiger partial charge >= 0.3 is 5.97 Å². The zero-order valence-corrected chi connectivity index (χ0v) is 15.0. The van der Waals surface area contributed by atoms with Crippen molar-refractivity contribution in [1.82, 2.24) is 4.90 Å². The molecule has 1 atom stereocenters. The van der Waals surface area contributed by atoms with Crippen LogP contribution in [0.3, 0.4) is 0 Å². The van der Waals surface area contributed by atoms with Crippen molar-refractivity contribution < 1.29 is 14.7 Å². The number of carboxylic acid groups (broad SMARTS) is 1. The monoisotopic (exact) mass is 352 g/mol. The van der Waals surface area contributed by atoms with Crippen LogP contribution in [0.25, 0.3) is 0 Å². The van der Waals surface area contributed by atoms with E-state index in [2.05, 4.69) is 0 Å². The van der Waals surface area contributed by atoms with Crippen molar-refractivity contribution in [2.45, 2.75) is 19.9 Å². The highest BCUT2D eigenvalue weighted by atomic mass is 16.4. The topological polar surface area (TPSA) is 60.9 Å². The van der Waals surface area contributed by atoms with Crippen molar-refractivity contribution in [1.29, 1.82) is 0 Å². The molecule has 1 heterocycles. The van der Waals surface area contributed by atoms with E-state index in [4.69, 9.17) is 0 Å². The van der Waals surface area contributed by atoms with Gasteiger partial charge in [-0.25, -0.2) is 0 Å². The normalized spacial score (nSPS) is 19.3. The number of aliphatic carboxylic acids is 1. The predicted molar refractivity (Wildman–Crippen MR) is 101 cm³/mol. The third kappa shape index (κ3) is 4.04. The maximum Gasteiger partial charge on any atom is 0.311 e. The van der Waals surface area contributed by atoms with Gasteiger partial charge in [0, 0.05) is 25.3 Å². The Morgan fingerprint density at radius 1 is 1.08 bits per heavy atom. The fraction of sp³-hybridized carbons (Fsp3) is 0.333. The zero-order chi connectivity index (χ0) is 18.6. The molecule has 0 bridgehead atoms. The Bertz CT molecular complexity index is 763. The summed E-state index contributed by atoms with van der Waals surface area (Å²) in [6, 6.07) is 19.9. The molecule has 1 aliphatic heterocycles. The smallest absolute Gasteiger partial charge is 0.311 e. The molecular weight excluding hydrogens is 328 g/mol. The lowest BCUT2D eigenvalue weighted by Gasteiger charge is -2.27. The summed E-state index contributed by atoms with van der Waals surface area (Å²) < 4.78 is 0. The molecule has 0 spiro atoms. The molecule has 1 unspecified atom stereocenters. The molecular formula is C21H24N2O3. The van der Waals surface area contributed by atoms with Gasteiger partial charge in [-0.1, -0.05) is 48.5 Å². The quantitative estimate of drug-likeness (QED) is 0.868. The van der Waals surface area contributed by atoms with Crippen LogP contribution in [0.4, 0.5) is 5.69 Å². The summed E-state index contributed by atoms with van der Waals surface area (Å²) in [7, 11) is 0. The summed E-state index contributed by atoms with van der Waals surface area (Å²) in [4.78, 5) is 28.0. The number of carbonyl (C=O) groups excluding carboxylic acids is 1. The number of likely N-dealkylation sites (tertiary alicyclic amines) is 1. The molecule has 0 aliphatic carbocycles. The number of benzene rings is 2. The molecule has 5 nitrogen and oxygen atoms in total. The molecule has 1 aliphatic rings. The van der Waals surface area contributed by atoms with Crippen LogP contribution in [-0.2, 0) is 16.1 Å². The molecule has 1 N–H and O–H groups in total. The first-order chi connectivity index (χ1) is 12.5. The number of carboxylic acids is 1. The number of para-hydroxylation sites is 1. The van der Waals surface area contributed by atoms with Crippen molar-refractivity contribution in [3.8, 4) is 0 Å². The molecule has 26 heavy (non-hydrogen) atoms. The lowest BCUT2D eigenvalue weighted by molar-refractivity contribution is -0.147. The summed E-state index contributed by atoms with van der Waals surface area (Å²) in [5.41, 5.74) is 1.26. The SMILES string of the molecule is CC1(C(=O)O)CCN(C(=O)CN(Cc2ccccc2)c2ccccc2)C1. The first-order valence-corrected chi connectivity index (χ1v) is 8.83. The Labute approximate surface area is 153 Å². The van der Waals surface area contributed by atoms with Gasteiger partial charge in [0.15, 0.2) is 0 Å². The van der Waals surface area contributed by atoms with Gasteiger partial charge in [0.05, 0.1) is 12.0 Å². The highest BCUT2D eigenvalue weighted by Crippen LogP contribution is 2.30. The Morgan fingerprint density at radius 2 is 1.69 bits per heavy atom. The van der Waals surface area contributed by atoms with Gasteiger partial charge in [0.25, 0.3) is 0 Å². The van der Waals surface area contributed by atoms with Gasteiger partial charge in [-0.05, 0) is 31.0 Å². The van der Waals surface area contributed by atoms with Crippen molar-refractivity contribution in [2.24, 2.45) is 5.41 Å². The van der Waals surface area contributed by atoms with E-state index in [0.29, 0.717) is 19.5 Å². The van der Waals surface area contributed by atoms with Crippen LogP contribution in [0.5, 0.6) is 0 Å². The van der Waals surface area contributed by atoms with Crippen LogP contribution in [0.1, 0.15) is 18.9 Å². The Balaban J connectivity index is 1.74. The fourth-order valence-electron chi connectivity index (χ4n) is 3.29. The first kappa shape index (κ1) is 18.0. The molecule has 1 fully saturated rings. The molecule has 1 saturated heterocycles. The van der Waals surface area contributed by atoms with Gasteiger partial charge in [-0.15, -0.1) is 0 Å². The number of hydrogen-bond donors (Lipinski definition) is 1. The summed E-state index contributed by atoms with van der Waals surface area (Å²) in [5.74, 6) is -0.869. The van der Waals surface area contributed by atoms with Crippen LogP contribution in [0.2, 0.25) is 0 Å². The minimum Gasteiger partial charge on any atom is -0.481 e. The van der Waals surface area contributed by atoms with E-state index in [-0.39, 0.29) is 19.0 Å². The standard InChI is InChI=1S/C21H24N2O3/c1-21(20(25)26)12-13-22(16-21)19(24)15-23(18-10-6-3-7-11-18)14-17-8-4-2-5-9-17/h2-11H,12-16H2,1H3,(H,25,26). The number of amides is 1. The second-order valence-electron chi connectivity index (χ2n) is 7.11. The van der Waals surface area contributed by atoms with Gasteiger partial charge < -0.3 is 14.9 Å². The van der Waals surface area contributed by atoms with Gasteiger partial charge in [-0.2, -0.15) is 0 Å². The minimum absolute atomic E-state index is 0.0326. The second-order valence-corrected chi connectivity index (χ2v) is 7.11. The summed E-state index contributed by atoms with van der Waals surface area (Å²) in [6.07, 6.45) is 0.498. The maximum absolute atomic E-state index is 12.8. The highest BCUT2D eigenvalue weighted by molar-refractivity contribution is 5.84. The minimum atomic E-state index is -0.841. The number of rotatable bonds is 6. The average molecular weight is 352 g/mol. The van der Waals surface area contributed by atoms with E-state index in [0.717, 1.165) is 11.3 Å². The molecule has 5 heteroatoms. The Kier molecular flexibility index (Phi) is 5.26. The van der Waals surface area contributed by atoms with E-state index in [1.165, 1.54) is 0 Å². The summed E-state index contributed by atoms with van der Waals surface area (Å²) >= 11 is 0. The largest absolute Gasteiger partial charge is 0.481 e.